The summed E-state index contributed by atoms with van der Waals surface area (Å²) in [4.78, 5) is 15.5. The minimum absolute atomic E-state index is 0.00381. The van der Waals surface area contributed by atoms with Gasteiger partial charge in [0, 0.05) is 6.04 Å². The van der Waals surface area contributed by atoms with Gasteiger partial charge in [-0.1, -0.05) is 20.8 Å². The van der Waals surface area contributed by atoms with E-state index in [1.54, 1.807) is 4.57 Å². The fourth-order valence-electron chi connectivity index (χ4n) is 1.69. The quantitative estimate of drug-likeness (QED) is 0.800. The van der Waals surface area contributed by atoms with Crippen LogP contribution in [0.15, 0.2) is 16.2 Å². The Labute approximate surface area is 109 Å². The summed E-state index contributed by atoms with van der Waals surface area (Å²) in [6, 6.07) is 1.95. The van der Waals surface area contributed by atoms with Gasteiger partial charge in [-0.15, -0.1) is 11.3 Å². The van der Waals surface area contributed by atoms with E-state index in [-0.39, 0.29) is 17.0 Å². The van der Waals surface area contributed by atoms with E-state index < -0.39 is 0 Å². The number of hydrogen-bond donors (Lipinski definition) is 1. The molecule has 1 atom stereocenters. The zero-order valence-electron chi connectivity index (χ0n) is 10.4. The van der Waals surface area contributed by atoms with Gasteiger partial charge in [0.15, 0.2) is 4.77 Å². The first-order valence-electron chi connectivity index (χ1n) is 5.54. The summed E-state index contributed by atoms with van der Waals surface area (Å²) in [7, 11) is 0. The molecule has 0 amide bonds. The maximum Gasteiger partial charge on any atom is 0.272 e. The van der Waals surface area contributed by atoms with Crippen LogP contribution in [0.2, 0.25) is 0 Å². The lowest BCUT2D eigenvalue weighted by Gasteiger charge is -2.28. The molecule has 17 heavy (non-hydrogen) atoms. The molecule has 5 heteroatoms. The third-order valence-electron chi connectivity index (χ3n) is 3.18. The fourth-order valence-corrected chi connectivity index (χ4v) is 2.83. The summed E-state index contributed by atoms with van der Waals surface area (Å²) in [5, 5.41) is 1.91. The van der Waals surface area contributed by atoms with Gasteiger partial charge in [0.05, 0.1) is 5.52 Å². The van der Waals surface area contributed by atoms with Gasteiger partial charge in [0.1, 0.15) is 4.70 Å². The van der Waals surface area contributed by atoms with Crippen molar-refractivity contribution < 1.29 is 0 Å². The highest BCUT2D eigenvalue weighted by molar-refractivity contribution is 7.71. The van der Waals surface area contributed by atoms with Gasteiger partial charge in [0.2, 0.25) is 0 Å². The molecule has 2 rings (SSSR count). The van der Waals surface area contributed by atoms with E-state index in [1.165, 1.54) is 11.3 Å². The van der Waals surface area contributed by atoms with Crippen LogP contribution in [0.1, 0.15) is 33.7 Å². The Kier molecular flexibility index (Phi) is 2.99. The second kappa shape index (κ2) is 4.07. The van der Waals surface area contributed by atoms with Crippen LogP contribution in [0.3, 0.4) is 0 Å². The average molecular weight is 268 g/mol. The van der Waals surface area contributed by atoms with Gasteiger partial charge in [-0.3, -0.25) is 9.36 Å². The molecule has 0 aliphatic heterocycles. The Morgan fingerprint density at radius 3 is 2.71 bits per heavy atom. The Balaban J connectivity index is 2.78. The van der Waals surface area contributed by atoms with E-state index in [9.17, 15) is 4.79 Å². The highest BCUT2D eigenvalue weighted by Gasteiger charge is 2.24. The summed E-state index contributed by atoms with van der Waals surface area (Å²) in [6.45, 7) is 8.36. The molecular formula is C12H16N2OS2. The van der Waals surface area contributed by atoms with Crippen LogP contribution >= 0.6 is 23.6 Å². The first-order valence-corrected chi connectivity index (χ1v) is 6.83. The minimum Gasteiger partial charge on any atom is -0.331 e. The number of aromatic nitrogens is 2. The van der Waals surface area contributed by atoms with E-state index in [4.69, 9.17) is 12.2 Å². The lowest BCUT2D eigenvalue weighted by Crippen LogP contribution is -2.31. The van der Waals surface area contributed by atoms with Crippen molar-refractivity contribution in [2.24, 2.45) is 5.41 Å². The predicted octanol–water partition coefficient (Wildman–Crippen LogP) is 3.73. The largest absolute Gasteiger partial charge is 0.331 e. The molecule has 1 unspecified atom stereocenters. The lowest BCUT2D eigenvalue weighted by atomic mass is 9.88. The monoisotopic (exact) mass is 268 g/mol. The summed E-state index contributed by atoms with van der Waals surface area (Å²) in [6.07, 6.45) is 0. The number of thiophene rings is 1. The van der Waals surface area contributed by atoms with Crippen LogP contribution in [-0.4, -0.2) is 9.55 Å². The van der Waals surface area contributed by atoms with Gasteiger partial charge in [-0.25, -0.2) is 0 Å². The summed E-state index contributed by atoms with van der Waals surface area (Å²) < 4.78 is 2.94. The van der Waals surface area contributed by atoms with Crippen molar-refractivity contribution in [1.82, 2.24) is 9.55 Å². The van der Waals surface area contributed by atoms with E-state index >= 15 is 0 Å². The standard InChI is InChI=1S/C12H16N2OS2/c1-7(12(2,3)4)14-10(15)9-8(5-6-17-9)13-11(14)16/h5-7H,1-4H3,(H,13,16). The fraction of sp³-hybridized carbons (Fsp3) is 0.500. The molecule has 0 saturated heterocycles. The van der Waals surface area contributed by atoms with Gasteiger partial charge in [-0.05, 0) is 36.0 Å². The molecule has 0 saturated carbocycles. The van der Waals surface area contributed by atoms with Crippen LogP contribution in [0, 0.1) is 10.2 Å². The SMILES string of the molecule is CC(n1c(=S)[nH]c2ccsc2c1=O)C(C)(C)C. The van der Waals surface area contributed by atoms with Crippen molar-refractivity contribution in [3.63, 3.8) is 0 Å². The Morgan fingerprint density at radius 2 is 2.12 bits per heavy atom. The molecule has 2 heterocycles. The Morgan fingerprint density at radius 1 is 1.47 bits per heavy atom. The van der Waals surface area contributed by atoms with Crippen LogP contribution in [0.4, 0.5) is 0 Å². The van der Waals surface area contributed by atoms with Gasteiger partial charge in [0.25, 0.3) is 5.56 Å². The van der Waals surface area contributed by atoms with E-state index in [2.05, 4.69) is 25.8 Å². The van der Waals surface area contributed by atoms with Crippen molar-refractivity contribution in [3.05, 3.63) is 26.6 Å². The van der Waals surface area contributed by atoms with Gasteiger partial charge >= 0.3 is 0 Å². The summed E-state index contributed by atoms with van der Waals surface area (Å²) >= 11 is 6.74. The molecule has 2 aromatic rings. The number of H-pyrrole nitrogens is 1. The van der Waals surface area contributed by atoms with Gasteiger partial charge in [-0.2, -0.15) is 0 Å². The van der Waals surface area contributed by atoms with Crippen molar-refractivity contribution >= 4 is 33.8 Å². The highest BCUT2D eigenvalue weighted by Crippen LogP contribution is 2.29. The molecule has 0 aromatic carbocycles. The van der Waals surface area contributed by atoms with Crippen LogP contribution < -0.4 is 5.56 Å². The Hall–Kier alpha value is -0.940. The van der Waals surface area contributed by atoms with E-state index in [0.717, 1.165) is 10.2 Å². The molecule has 3 nitrogen and oxygen atoms in total. The topological polar surface area (TPSA) is 37.8 Å². The Bertz CT molecular complexity index is 657. The van der Waals surface area contributed by atoms with E-state index in [0.29, 0.717) is 4.77 Å². The maximum atomic E-state index is 12.4. The number of fused-ring (bicyclic) bond motifs is 1. The number of hydrogen-bond acceptors (Lipinski definition) is 3. The highest BCUT2D eigenvalue weighted by atomic mass is 32.1. The third kappa shape index (κ3) is 2.09. The second-order valence-corrected chi connectivity index (χ2v) is 6.61. The number of aromatic amines is 1. The summed E-state index contributed by atoms with van der Waals surface area (Å²) in [5.74, 6) is 0. The molecule has 0 fully saturated rings. The first kappa shape index (κ1) is 12.5. The van der Waals surface area contributed by atoms with Crippen molar-refractivity contribution in [2.75, 3.05) is 0 Å². The minimum atomic E-state index is -0.00381. The smallest absolute Gasteiger partial charge is 0.272 e. The molecule has 0 radical (unpaired) electrons. The average Bonchev–Trinajstić information content (AvgIpc) is 2.64. The van der Waals surface area contributed by atoms with Crippen molar-refractivity contribution in [1.29, 1.82) is 0 Å². The van der Waals surface area contributed by atoms with Crippen molar-refractivity contribution in [2.45, 2.75) is 33.7 Å². The predicted molar refractivity (Wildman–Crippen MR) is 75.4 cm³/mol. The first-order chi connectivity index (χ1) is 7.82. The molecule has 2 aromatic heterocycles. The van der Waals surface area contributed by atoms with Crippen LogP contribution in [0.25, 0.3) is 10.2 Å². The van der Waals surface area contributed by atoms with Crippen molar-refractivity contribution in [3.8, 4) is 0 Å². The lowest BCUT2D eigenvalue weighted by molar-refractivity contribution is 0.254. The molecule has 0 aliphatic carbocycles. The van der Waals surface area contributed by atoms with E-state index in [1.807, 2.05) is 18.4 Å². The maximum absolute atomic E-state index is 12.4. The normalized spacial score (nSPS) is 14.1. The van der Waals surface area contributed by atoms with Crippen LogP contribution in [-0.2, 0) is 0 Å². The summed E-state index contributed by atoms with van der Waals surface area (Å²) in [5.41, 5.74) is 0.847. The molecule has 0 bridgehead atoms. The van der Waals surface area contributed by atoms with Gasteiger partial charge < -0.3 is 4.98 Å². The second-order valence-electron chi connectivity index (χ2n) is 5.31. The number of nitrogens with one attached hydrogen (secondary N) is 1. The van der Waals surface area contributed by atoms with Crippen LogP contribution in [0.5, 0.6) is 0 Å². The number of rotatable bonds is 1. The third-order valence-corrected chi connectivity index (χ3v) is 4.38. The zero-order chi connectivity index (χ0) is 12.8. The molecule has 1 N–H and O–H groups in total. The molecule has 92 valence electrons. The molecular weight excluding hydrogens is 252 g/mol. The molecule has 0 aliphatic rings. The molecule has 0 spiro atoms. The number of nitrogens with zero attached hydrogens (tertiary/aromatic N) is 1. The zero-order valence-corrected chi connectivity index (χ0v) is 12.0.